The highest BCUT2D eigenvalue weighted by atomic mass is 35.5. The third-order valence-electron chi connectivity index (χ3n) is 5.01. The van der Waals surface area contributed by atoms with Crippen LogP contribution in [0.25, 0.3) is 0 Å². The van der Waals surface area contributed by atoms with Crippen molar-refractivity contribution in [2.75, 3.05) is 26.7 Å². The molecule has 0 radical (unpaired) electrons. The third-order valence-corrected chi connectivity index (χ3v) is 5.01. The van der Waals surface area contributed by atoms with Gasteiger partial charge in [-0.05, 0) is 45.5 Å². The molecule has 9 heteroatoms. The van der Waals surface area contributed by atoms with Gasteiger partial charge in [-0.15, -0.1) is 29.9 Å². The van der Waals surface area contributed by atoms with Gasteiger partial charge in [0, 0.05) is 19.1 Å². The van der Waals surface area contributed by atoms with Gasteiger partial charge >= 0.3 is 0 Å². The number of rotatable bonds is 7. The molecule has 2 heterocycles. The fraction of sp³-hybridized carbons (Fsp3) is 0.526. The maximum Gasteiger partial charge on any atom is 0.273 e. The first-order valence-corrected chi connectivity index (χ1v) is 9.28. The van der Waals surface area contributed by atoms with Crippen LogP contribution in [-0.2, 0) is 6.54 Å². The summed E-state index contributed by atoms with van der Waals surface area (Å²) >= 11 is 0. The van der Waals surface area contributed by atoms with Gasteiger partial charge in [0.1, 0.15) is 0 Å². The van der Waals surface area contributed by atoms with Crippen LogP contribution in [0.1, 0.15) is 41.9 Å². The van der Waals surface area contributed by atoms with Crippen LogP contribution >= 0.6 is 24.8 Å². The number of benzene rings is 1. The first kappa shape index (κ1) is 24.4. The molecule has 1 amide bonds. The largest absolute Gasteiger partial charge is 0.349 e. The zero-order valence-corrected chi connectivity index (χ0v) is 18.0. The van der Waals surface area contributed by atoms with E-state index in [4.69, 9.17) is 0 Å². The van der Waals surface area contributed by atoms with Gasteiger partial charge < -0.3 is 10.6 Å². The van der Waals surface area contributed by atoms with Crippen LogP contribution in [0.4, 0.5) is 0 Å². The minimum Gasteiger partial charge on any atom is -0.349 e. The van der Waals surface area contributed by atoms with E-state index in [-0.39, 0.29) is 36.8 Å². The highest BCUT2D eigenvalue weighted by Gasteiger charge is 2.19. The summed E-state index contributed by atoms with van der Waals surface area (Å²) in [6.45, 7) is 5.50. The number of likely N-dealkylation sites (N-methyl/N-ethyl adjacent to an activating group) is 1. The highest BCUT2D eigenvalue weighted by molar-refractivity contribution is 5.91. The van der Waals surface area contributed by atoms with Gasteiger partial charge in [-0.2, -0.15) is 0 Å². The Morgan fingerprint density at radius 3 is 2.64 bits per heavy atom. The lowest BCUT2D eigenvalue weighted by molar-refractivity contribution is 0.0934. The molecule has 156 valence electrons. The van der Waals surface area contributed by atoms with Crippen molar-refractivity contribution >= 4 is 30.7 Å². The molecule has 1 aromatic heterocycles. The number of nitrogens with zero attached hydrogens (tertiary/aromatic N) is 4. The summed E-state index contributed by atoms with van der Waals surface area (Å²) in [5.41, 5.74) is 1.65. The van der Waals surface area contributed by atoms with Gasteiger partial charge in [-0.3, -0.25) is 9.69 Å². The number of aromatic nitrogens is 3. The Hall–Kier alpha value is -1.67. The molecule has 0 aliphatic carbocycles. The number of hydrogen-bond donors (Lipinski definition) is 2. The molecule has 7 nitrogen and oxygen atoms in total. The van der Waals surface area contributed by atoms with Gasteiger partial charge in [0.05, 0.1) is 12.2 Å². The van der Waals surface area contributed by atoms with Gasteiger partial charge in [0.2, 0.25) is 0 Å². The summed E-state index contributed by atoms with van der Waals surface area (Å²) in [4.78, 5) is 14.6. The van der Waals surface area contributed by atoms with E-state index in [2.05, 4.69) is 51.9 Å². The standard InChI is InChI=1S/C19H28N6O.2ClH/c1-15(24(2)13-16-6-4-3-5-7-16)12-21-19(26)18-14-25(23-22-18)17-8-10-20-11-9-17;;/h3-7,14-15,17,20H,8-13H2,1-2H3,(H,21,26);2*1H. The van der Waals surface area contributed by atoms with Crippen LogP contribution in [0.2, 0.25) is 0 Å². The SMILES string of the molecule is CC(CNC(=O)c1cn(C2CCNCC2)nn1)N(C)Cc1ccccc1.Cl.Cl. The van der Waals surface area contributed by atoms with Crippen molar-refractivity contribution in [2.45, 2.75) is 38.4 Å². The summed E-state index contributed by atoms with van der Waals surface area (Å²) in [5.74, 6) is -0.162. The van der Waals surface area contributed by atoms with Crippen LogP contribution in [0.15, 0.2) is 36.5 Å². The average molecular weight is 429 g/mol. The Labute approximate surface area is 179 Å². The first-order chi connectivity index (χ1) is 12.6. The van der Waals surface area contributed by atoms with Crippen molar-refractivity contribution in [3.05, 3.63) is 47.8 Å². The molecule has 1 saturated heterocycles. The number of halogens is 2. The van der Waals surface area contributed by atoms with E-state index in [1.807, 2.05) is 22.9 Å². The molecule has 2 aromatic rings. The first-order valence-electron chi connectivity index (χ1n) is 9.28. The molecular weight excluding hydrogens is 399 g/mol. The number of hydrogen-bond acceptors (Lipinski definition) is 5. The van der Waals surface area contributed by atoms with Crippen LogP contribution < -0.4 is 10.6 Å². The maximum absolute atomic E-state index is 12.4. The van der Waals surface area contributed by atoms with Gasteiger partial charge in [-0.1, -0.05) is 35.5 Å². The number of amides is 1. The maximum atomic E-state index is 12.4. The average Bonchev–Trinajstić information content (AvgIpc) is 3.17. The van der Waals surface area contributed by atoms with Gasteiger partial charge in [0.15, 0.2) is 5.69 Å². The van der Waals surface area contributed by atoms with Crippen molar-refractivity contribution < 1.29 is 4.79 Å². The fourth-order valence-electron chi connectivity index (χ4n) is 3.14. The molecule has 1 atom stereocenters. The van der Waals surface area contributed by atoms with E-state index in [1.165, 1.54) is 5.56 Å². The number of carbonyl (C=O) groups excluding carboxylic acids is 1. The minimum atomic E-state index is -0.162. The topological polar surface area (TPSA) is 75.1 Å². The molecule has 0 spiro atoms. The third kappa shape index (κ3) is 6.74. The summed E-state index contributed by atoms with van der Waals surface area (Å²) in [7, 11) is 2.07. The zero-order valence-electron chi connectivity index (χ0n) is 16.4. The molecule has 1 aromatic carbocycles. The predicted molar refractivity (Wildman–Crippen MR) is 115 cm³/mol. The van der Waals surface area contributed by atoms with Crippen LogP contribution in [0.5, 0.6) is 0 Å². The zero-order chi connectivity index (χ0) is 18.4. The lowest BCUT2D eigenvalue weighted by atomic mass is 10.1. The number of carbonyl (C=O) groups is 1. The van der Waals surface area contributed by atoms with Crippen molar-refractivity contribution in [3.63, 3.8) is 0 Å². The second-order valence-electron chi connectivity index (χ2n) is 7.02. The van der Waals surface area contributed by atoms with E-state index < -0.39 is 0 Å². The molecule has 28 heavy (non-hydrogen) atoms. The Bertz CT molecular complexity index is 705. The summed E-state index contributed by atoms with van der Waals surface area (Å²) < 4.78 is 1.83. The smallest absolute Gasteiger partial charge is 0.273 e. The molecular formula is C19H30Cl2N6O. The van der Waals surface area contributed by atoms with E-state index in [9.17, 15) is 4.79 Å². The Morgan fingerprint density at radius 1 is 1.29 bits per heavy atom. The second-order valence-corrected chi connectivity index (χ2v) is 7.02. The quantitative estimate of drug-likeness (QED) is 0.707. The monoisotopic (exact) mass is 428 g/mol. The van der Waals surface area contributed by atoms with Crippen molar-refractivity contribution in [3.8, 4) is 0 Å². The molecule has 2 N–H and O–H groups in total. The van der Waals surface area contributed by atoms with Crippen molar-refractivity contribution in [1.82, 2.24) is 30.5 Å². The van der Waals surface area contributed by atoms with E-state index in [1.54, 1.807) is 6.20 Å². The number of nitrogens with one attached hydrogen (secondary N) is 2. The fourth-order valence-corrected chi connectivity index (χ4v) is 3.14. The van der Waals surface area contributed by atoms with Crippen LogP contribution in [0.3, 0.4) is 0 Å². The molecule has 1 unspecified atom stereocenters. The van der Waals surface area contributed by atoms with Crippen molar-refractivity contribution in [2.24, 2.45) is 0 Å². The molecule has 0 bridgehead atoms. The minimum absolute atomic E-state index is 0. The predicted octanol–water partition coefficient (Wildman–Crippen LogP) is 2.30. The Balaban J connectivity index is 0.00000196. The molecule has 1 aliphatic heterocycles. The van der Waals surface area contributed by atoms with Crippen LogP contribution in [-0.4, -0.2) is 58.5 Å². The van der Waals surface area contributed by atoms with Crippen LogP contribution in [0, 0.1) is 0 Å². The van der Waals surface area contributed by atoms with E-state index >= 15 is 0 Å². The Morgan fingerprint density at radius 2 is 1.96 bits per heavy atom. The second kappa shape index (κ2) is 12.0. The van der Waals surface area contributed by atoms with Crippen molar-refractivity contribution in [1.29, 1.82) is 0 Å². The van der Waals surface area contributed by atoms with Gasteiger partial charge in [0.25, 0.3) is 5.91 Å². The molecule has 3 rings (SSSR count). The normalized spacial score (nSPS) is 15.4. The summed E-state index contributed by atoms with van der Waals surface area (Å²) in [5, 5.41) is 14.5. The van der Waals surface area contributed by atoms with Gasteiger partial charge in [-0.25, -0.2) is 4.68 Å². The Kier molecular flexibility index (Phi) is 10.5. The number of piperidine rings is 1. The lowest BCUT2D eigenvalue weighted by Gasteiger charge is -2.24. The lowest BCUT2D eigenvalue weighted by Crippen LogP contribution is -2.39. The molecule has 0 saturated carbocycles. The highest BCUT2D eigenvalue weighted by Crippen LogP contribution is 2.17. The summed E-state index contributed by atoms with van der Waals surface area (Å²) in [6.07, 6.45) is 3.81. The summed E-state index contributed by atoms with van der Waals surface area (Å²) in [6, 6.07) is 10.9. The molecule has 1 fully saturated rings. The van der Waals surface area contributed by atoms with E-state index in [0.717, 1.165) is 32.5 Å². The van der Waals surface area contributed by atoms with E-state index in [0.29, 0.717) is 18.3 Å². The molecule has 1 aliphatic rings.